The molecule has 1 aromatic rings. The minimum absolute atomic E-state index is 0.0298. The van der Waals surface area contributed by atoms with Crippen molar-refractivity contribution in [2.45, 2.75) is 26.8 Å². The van der Waals surface area contributed by atoms with Crippen LogP contribution in [0.3, 0.4) is 0 Å². The maximum absolute atomic E-state index is 11.8. The van der Waals surface area contributed by atoms with Crippen molar-refractivity contribution in [1.29, 1.82) is 0 Å². The molecule has 0 aliphatic carbocycles. The zero-order chi connectivity index (χ0) is 11.7. The normalized spacial score (nSPS) is 15.6. The molecule has 0 N–H and O–H groups in total. The summed E-state index contributed by atoms with van der Waals surface area (Å²) < 4.78 is 0. The summed E-state index contributed by atoms with van der Waals surface area (Å²) in [5, 5.41) is 0. The number of Topliss-reactive ketones (excluding diaryl/α,β-unsaturated/α-hetero) is 1. The molecular weight excluding hydrogens is 202 g/mol. The largest absolute Gasteiger partial charge is 0.338 e. The number of hydrogen-bond donors (Lipinski definition) is 0. The minimum atomic E-state index is 0.0298. The second kappa shape index (κ2) is 4.08. The van der Waals surface area contributed by atoms with Gasteiger partial charge in [-0.1, -0.05) is 23.8 Å². The third-order valence-electron chi connectivity index (χ3n) is 2.98. The first-order chi connectivity index (χ1) is 7.58. The van der Waals surface area contributed by atoms with Gasteiger partial charge in [0.05, 0.1) is 0 Å². The summed E-state index contributed by atoms with van der Waals surface area (Å²) in [5.74, 6) is 0.168. The molecule has 0 bridgehead atoms. The lowest BCUT2D eigenvalue weighted by atomic mass is 10.0. The van der Waals surface area contributed by atoms with Crippen molar-refractivity contribution < 1.29 is 9.59 Å². The Labute approximate surface area is 95.1 Å². The second-order valence-corrected chi connectivity index (χ2v) is 4.27. The van der Waals surface area contributed by atoms with Crippen LogP contribution < -0.4 is 0 Å². The van der Waals surface area contributed by atoms with Crippen LogP contribution in [-0.4, -0.2) is 23.1 Å². The molecule has 1 aromatic carbocycles. The number of fused-ring (bicyclic) bond motifs is 1. The lowest BCUT2D eigenvalue weighted by Crippen LogP contribution is -2.28. The molecule has 1 heterocycles. The average Bonchev–Trinajstić information content (AvgIpc) is 2.38. The van der Waals surface area contributed by atoms with Crippen molar-refractivity contribution in [1.82, 2.24) is 4.90 Å². The van der Waals surface area contributed by atoms with Gasteiger partial charge in [-0.25, -0.2) is 0 Å². The first kappa shape index (κ1) is 10.9. The fraction of sp³-hybridized carbons (Fsp3) is 0.385. The van der Waals surface area contributed by atoms with Crippen LogP contribution >= 0.6 is 0 Å². The summed E-state index contributed by atoms with van der Waals surface area (Å²) in [7, 11) is 0. The van der Waals surface area contributed by atoms with Crippen LogP contribution in [0.4, 0.5) is 0 Å². The van der Waals surface area contributed by atoms with Gasteiger partial charge in [0, 0.05) is 32.0 Å². The Kier molecular flexibility index (Phi) is 2.77. The van der Waals surface area contributed by atoms with Crippen LogP contribution in [-0.2, 0) is 11.3 Å². The zero-order valence-corrected chi connectivity index (χ0v) is 9.62. The van der Waals surface area contributed by atoms with E-state index in [-0.39, 0.29) is 11.7 Å². The summed E-state index contributed by atoms with van der Waals surface area (Å²) in [4.78, 5) is 24.9. The standard InChI is InChI=1S/C13H15NO2/c1-9-3-4-12-11(7-9)8-14(10(2)15)6-5-13(12)16/h3-4,7H,5-6,8H2,1-2H3. The first-order valence-electron chi connectivity index (χ1n) is 5.46. The molecule has 0 saturated heterocycles. The average molecular weight is 217 g/mol. The van der Waals surface area contributed by atoms with Gasteiger partial charge in [-0.2, -0.15) is 0 Å². The molecule has 84 valence electrons. The van der Waals surface area contributed by atoms with E-state index in [0.29, 0.717) is 19.5 Å². The highest BCUT2D eigenvalue weighted by Gasteiger charge is 2.21. The summed E-state index contributed by atoms with van der Waals surface area (Å²) in [5.41, 5.74) is 2.86. The minimum Gasteiger partial charge on any atom is -0.338 e. The molecule has 0 unspecified atom stereocenters. The fourth-order valence-electron chi connectivity index (χ4n) is 2.05. The van der Waals surface area contributed by atoms with E-state index in [1.54, 1.807) is 11.8 Å². The number of rotatable bonds is 0. The predicted molar refractivity (Wildman–Crippen MR) is 61.2 cm³/mol. The molecule has 0 radical (unpaired) electrons. The van der Waals surface area contributed by atoms with Crippen LogP contribution in [0, 0.1) is 6.92 Å². The van der Waals surface area contributed by atoms with Crippen molar-refractivity contribution in [2.75, 3.05) is 6.54 Å². The molecule has 2 rings (SSSR count). The van der Waals surface area contributed by atoms with Gasteiger partial charge in [0.15, 0.2) is 5.78 Å². The van der Waals surface area contributed by atoms with Gasteiger partial charge < -0.3 is 4.90 Å². The third kappa shape index (κ3) is 1.98. The van der Waals surface area contributed by atoms with E-state index in [2.05, 4.69) is 0 Å². The van der Waals surface area contributed by atoms with E-state index in [4.69, 9.17) is 0 Å². The molecule has 1 aliphatic rings. The van der Waals surface area contributed by atoms with Crippen molar-refractivity contribution in [2.24, 2.45) is 0 Å². The Morgan fingerprint density at radius 3 is 2.81 bits per heavy atom. The molecule has 0 atom stereocenters. The van der Waals surface area contributed by atoms with E-state index in [1.165, 1.54) is 0 Å². The Bertz CT molecular complexity index is 451. The molecular formula is C13H15NO2. The van der Waals surface area contributed by atoms with Gasteiger partial charge in [-0.3, -0.25) is 9.59 Å². The smallest absolute Gasteiger partial charge is 0.219 e. The maximum Gasteiger partial charge on any atom is 0.219 e. The van der Waals surface area contributed by atoms with Crippen molar-refractivity contribution >= 4 is 11.7 Å². The Hall–Kier alpha value is -1.64. The van der Waals surface area contributed by atoms with Crippen LogP contribution in [0.15, 0.2) is 18.2 Å². The Morgan fingerprint density at radius 1 is 1.38 bits per heavy atom. The molecule has 1 amide bonds. The number of hydrogen-bond acceptors (Lipinski definition) is 2. The highest BCUT2D eigenvalue weighted by atomic mass is 16.2. The van der Waals surface area contributed by atoms with Crippen molar-refractivity contribution in [3.05, 3.63) is 34.9 Å². The molecule has 0 saturated carbocycles. The summed E-state index contributed by atoms with van der Waals surface area (Å²) in [6.45, 7) is 4.62. The van der Waals surface area contributed by atoms with E-state index in [1.807, 2.05) is 25.1 Å². The van der Waals surface area contributed by atoms with Crippen LogP contribution in [0.5, 0.6) is 0 Å². The second-order valence-electron chi connectivity index (χ2n) is 4.27. The van der Waals surface area contributed by atoms with Gasteiger partial charge >= 0.3 is 0 Å². The molecule has 1 aliphatic heterocycles. The fourth-order valence-corrected chi connectivity index (χ4v) is 2.05. The number of aryl methyl sites for hydroxylation is 1. The van der Waals surface area contributed by atoms with Gasteiger partial charge in [0.25, 0.3) is 0 Å². The number of amides is 1. The topological polar surface area (TPSA) is 37.4 Å². The number of nitrogens with zero attached hydrogens (tertiary/aromatic N) is 1. The Balaban J connectivity index is 2.42. The third-order valence-corrected chi connectivity index (χ3v) is 2.98. The van der Waals surface area contributed by atoms with E-state index in [9.17, 15) is 9.59 Å². The summed E-state index contributed by atoms with van der Waals surface area (Å²) in [6.07, 6.45) is 0.426. The molecule has 3 heteroatoms. The zero-order valence-electron chi connectivity index (χ0n) is 9.62. The monoisotopic (exact) mass is 217 g/mol. The van der Waals surface area contributed by atoms with Gasteiger partial charge in [-0.15, -0.1) is 0 Å². The number of carbonyl (C=O) groups is 2. The van der Waals surface area contributed by atoms with E-state index in [0.717, 1.165) is 16.7 Å². The first-order valence-corrected chi connectivity index (χ1v) is 5.46. The van der Waals surface area contributed by atoms with Gasteiger partial charge in [-0.05, 0) is 12.5 Å². The van der Waals surface area contributed by atoms with Crippen LogP contribution in [0.1, 0.15) is 34.8 Å². The van der Waals surface area contributed by atoms with E-state index < -0.39 is 0 Å². The summed E-state index contributed by atoms with van der Waals surface area (Å²) in [6, 6.07) is 5.81. The Morgan fingerprint density at radius 2 is 2.12 bits per heavy atom. The predicted octanol–water partition coefficient (Wildman–Crippen LogP) is 1.93. The maximum atomic E-state index is 11.8. The van der Waals surface area contributed by atoms with Crippen LogP contribution in [0.25, 0.3) is 0 Å². The molecule has 0 fully saturated rings. The molecule has 0 aromatic heterocycles. The van der Waals surface area contributed by atoms with Crippen molar-refractivity contribution in [3.63, 3.8) is 0 Å². The van der Waals surface area contributed by atoms with Crippen molar-refractivity contribution in [3.8, 4) is 0 Å². The molecule has 3 nitrogen and oxygen atoms in total. The lowest BCUT2D eigenvalue weighted by Gasteiger charge is -2.18. The summed E-state index contributed by atoms with van der Waals surface area (Å²) >= 11 is 0. The highest BCUT2D eigenvalue weighted by Crippen LogP contribution is 2.20. The quantitative estimate of drug-likeness (QED) is 0.666. The van der Waals surface area contributed by atoms with Gasteiger partial charge in [0.2, 0.25) is 5.91 Å². The van der Waals surface area contributed by atoms with E-state index >= 15 is 0 Å². The number of carbonyl (C=O) groups excluding carboxylic acids is 2. The number of benzene rings is 1. The lowest BCUT2D eigenvalue weighted by molar-refractivity contribution is -0.129. The molecule has 0 spiro atoms. The van der Waals surface area contributed by atoms with Crippen LogP contribution in [0.2, 0.25) is 0 Å². The SMILES string of the molecule is CC(=O)N1CCC(=O)c2ccc(C)cc2C1. The highest BCUT2D eigenvalue weighted by molar-refractivity contribution is 5.98. The number of ketones is 1. The molecule has 16 heavy (non-hydrogen) atoms. The van der Waals surface area contributed by atoms with Gasteiger partial charge in [0.1, 0.15) is 0 Å².